The van der Waals surface area contributed by atoms with E-state index in [0.717, 1.165) is 23.3 Å². The summed E-state index contributed by atoms with van der Waals surface area (Å²) in [6.07, 6.45) is 0.787. The number of nitrogens with zero attached hydrogens (tertiary/aromatic N) is 2. The van der Waals surface area contributed by atoms with Crippen LogP contribution < -0.4 is 17.8 Å². The number of hydrogen-bond donors (Lipinski definition) is 0. The zero-order chi connectivity index (χ0) is 16.7. The Kier molecular flexibility index (Phi) is 9.36. The number of aromatic nitrogens is 2. The summed E-state index contributed by atoms with van der Waals surface area (Å²) in [6, 6.07) is 7.90. The molecular weight excluding hydrogens is 621 g/mol. The first-order valence-electron chi connectivity index (χ1n) is 6.82. The van der Waals surface area contributed by atoms with E-state index in [0.29, 0.717) is 26.3 Å². The molecule has 0 bridgehead atoms. The molecule has 0 atom stereocenters. The van der Waals surface area contributed by atoms with Crippen LogP contribution in [0.5, 0.6) is 0 Å². The molecule has 0 aliphatic heterocycles. The molecule has 2 rings (SSSR count). The number of carbonyl (C=O) groups is 2. The summed E-state index contributed by atoms with van der Waals surface area (Å²) in [5.74, 6) is 1.25. The number of fused-ring (bicyclic) bond motifs is 1. The van der Waals surface area contributed by atoms with E-state index < -0.39 is 0 Å². The fourth-order valence-corrected chi connectivity index (χ4v) is 2.52. The average molecular weight is 640 g/mol. The van der Waals surface area contributed by atoms with Gasteiger partial charge in [-0.25, -0.2) is 9.13 Å². The first-order chi connectivity index (χ1) is 10.5. The van der Waals surface area contributed by atoms with E-state index in [2.05, 4.69) is 37.2 Å². The molecule has 0 saturated heterocycles. The van der Waals surface area contributed by atoms with Crippen molar-refractivity contribution in [2.45, 2.75) is 40.3 Å². The Balaban J connectivity index is 0.000000745. The van der Waals surface area contributed by atoms with E-state index >= 15 is 0 Å². The van der Waals surface area contributed by atoms with Gasteiger partial charge < -0.3 is 0 Å². The minimum atomic E-state index is 0.116. The van der Waals surface area contributed by atoms with Crippen LogP contribution in [0.15, 0.2) is 24.3 Å². The number of halogens is 3. The third-order valence-electron chi connectivity index (χ3n) is 3.16. The molecule has 0 fully saturated rings. The maximum atomic E-state index is 11.5. The number of imidazole rings is 1. The van der Waals surface area contributed by atoms with Gasteiger partial charge in [0, 0.05) is 6.42 Å². The Morgan fingerprint density at radius 3 is 2.27 bits per heavy atom. The van der Waals surface area contributed by atoms with Crippen molar-refractivity contribution in [3.8, 4) is 0 Å². The molecule has 0 spiro atoms. The molecule has 7 heteroatoms. The van der Waals surface area contributed by atoms with Crippen LogP contribution in [0.1, 0.15) is 26.6 Å². The quantitative estimate of drug-likeness (QED) is 0.353. The average Bonchev–Trinajstić information content (AvgIpc) is 2.72. The predicted molar refractivity (Wildman–Crippen MR) is 101 cm³/mol. The fraction of sp³-hybridized carbons (Fsp3) is 0.400. The summed E-state index contributed by atoms with van der Waals surface area (Å²) in [5, 5.41) is 0. The van der Waals surface area contributed by atoms with Gasteiger partial charge in [0.2, 0.25) is 0 Å². The number of carbonyl (C=O) groups excluding carboxylic acids is 2. The second-order valence-electron chi connectivity index (χ2n) is 4.89. The summed E-state index contributed by atoms with van der Waals surface area (Å²) >= 11 is 5.30. The Morgan fingerprint density at radius 1 is 1.18 bits per heavy atom. The molecule has 1 heterocycles. The third kappa shape index (κ3) is 5.39. The Labute approximate surface area is 160 Å². The van der Waals surface area contributed by atoms with Crippen LogP contribution in [-0.4, -0.2) is 16.1 Å². The number of benzene rings is 1. The molecule has 0 N–H and O–H groups in total. The SMILES string of the molecule is CCc1n(CC(C)=O)c2ccccc2[n+]1CC(C)=O.I[I-]I. The third-order valence-corrected chi connectivity index (χ3v) is 3.16. The predicted octanol–water partition coefficient (Wildman–Crippen LogP) is 0.445. The normalized spacial score (nSPS) is 10.4. The van der Waals surface area contributed by atoms with Crippen LogP contribution in [0.3, 0.4) is 0 Å². The molecule has 0 radical (unpaired) electrons. The van der Waals surface area contributed by atoms with E-state index in [1.807, 2.05) is 40.3 Å². The van der Waals surface area contributed by atoms with Crippen LogP contribution in [0.25, 0.3) is 11.0 Å². The van der Waals surface area contributed by atoms with Crippen molar-refractivity contribution >= 4 is 59.8 Å². The molecule has 4 nitrogen and oxygen atoms in total. The number of para-hydroxylation sites is 2. The molecule has 0 aliphatic carbocycles. The van der Waals surface area contributed by atoms with Crippen LogP contribution in [0, 0.1) is 0 Å². The molecule has 0 amide bonds. The van der Waals surface area contributed by atoms with Crippen LogP contribution in [0.4, 0.5) is 0 Å². The van der Waals surface area contributed by atoms with Crippen molar-refractivity contribution in [1.82, 2.24) is 4.57 Å². The van der Waals surface area contributed by atoms with E-state index in [-0.39, 0.29) is 11.6 Å². The maximum absolute atomic E-state index is 11.5. The van der Waals surface area contributed by atoms with Gasteiger partial charge in [0.15, 0.2) is 22.6 Å². The van der Waals surface area contributed by atoms with Crippen molar-refractivity contribution in [2.24, 2.45) is 0 Å². The van der Waals surface area contributed by atoms with Gasteiger partial charge in [-0.1, -0.05) is 19.1 Å². The van der Waals surface area contributed by atoms with E-state index in [9.17, 15) is 9.59 Å². The molecule has 2 aromatic rings. The van der Waals surface area contributed by atoms with Gasteiger partial charge in [-0.2, -0.15) is 0 Å². The molecule has 22 heavy (non-hydrogen) atoms. The molecular formula is C15H19I3N2O2. The Morgan fingerprint density at radius 2 is 1.77 bits per heavy atom. The zero-order valence-corrected chi connectivity index (χ0v) is 19.2. The minimum absolute atomic E-state index is 0.116. The van der Waals surface area contributed by atoms with Crippen molar-refractivity contribution in [3.63, 3.8) is 0 Å². The second-order valence-corrected chi connectivity index (χ2v) is 21.1. The summed E-state index contributed by atoms with van der Waals surface area (Å²) in [7, 11) is 0. The first kappa shape index (κ1) is 20.3. The Bertz CT molecular complexity index is 615. The van der Waals surface area contributed by atoms with Gasteiger partial charge >= 0.3 is 50.5 Å². The number of rotatable bonds is 5. The topological polar surface area (TPSA) is 43.0 Å². The van der Waals surface area contributed by atoms with Gasteiger partial charge in [-0.15, -0.1) is 0 Å². The molecule has 0 unspecified atom stereocenters. The van der Waals surface area contributed by atoms with E-state index in [1.165, 1.54) is 0 Å². The standard InChI is InChI=1S/C15H19N2O2.I3/c1-4-15-16(9-11(2)18)13-7-5-6-8-14(13)17(15)10-12(3)19;1-3-2/h5-8H,4,9-10H2,1-3H3;/q+1;-1. The van der Waals surface area contributed by atoms with Gasteiger partial charge in [0.25, 0.3) is 5.82 Å². The van der Waals surface area contributed by atoms with Crippen molar-refractivity contribution in [1.29, 1.82) is 0 Å². The first-order valence-corrected chi connectivity index (χ1v) is 19.4. The van der Waals surface area contributed by atoms with Crippen molar-refractivity contribution in [2.75, 3.05) is 0 Å². The van der Waals surface area contributed by atoms with Crippen LogP contribution in [0.2, 0.25) is 0 Å². The second kappa shape index (κ2) is 10.2. The molecule has 1 aromatic carbocycles. The van der Waals surface area contributed by atoms with Crippen LogP contribution >= 0.6 is 37.2 Å². The fourth-order valence-electron chi connectivity index (χ4n) is 2.52. The number of Topliss-reactive ketones (excluding diaryl/α,β-unsaturated/α-hetero) is 2. The number of hydrogen-bond acceptors (Lipinski definition) is 2. The summed E-state index contributed by atoms with van der Waals surface area (Å²) in [5.41, 5.74) is 2.02. The zero-order valence-electron chi connectivity index (χ0n) is 12.8. The van der Waals surface area contributed by atoms with Gasteiger partial charge in [0.1, 0.15) is 13.1 Å². The van der Waals surface area contributed by atoms with Crippen LogP contribution in [-0.2, 0) is 29.1 Å². The number of ketones is 2. The molecule has 0 saturated carbocycles. The summed E-state index contributed by atoms with van der Waals surface area (Å²) in [6.45, 7) is 5.93. The van der Waals surface area contributed by atoms with Gasteiger partial charge in [-0.3, -0.25) is 9.59 Å². The molecule has 0 aliphatic rings. The Hall–Kier alpha value is 0.220. The van der Waals surface area contributed by atoms with E-state index in [1.54, 1.807) is 13.8 Å². The summed E-state index contributed by atoms with van der Waals surface area (Å²) < 4.78 is 4.03. The van der Waals surface area contributed by atoms with Gasteiger partial charge in [0.05, 0.1) is 0 Å². The van der Waals surface area contributed by atoms with Gasteiger partial charge in [-0.05, 0) is 26.0 Å². The monoisotopic (exact) mass is 640 g/mol. The summed E-state index contributed by atoms with van der Waals surface area (Å²) in [4.78, 5) is 22.9. The van der Waals surface area contributed by atoms with Crippen molar-refractivity contribution < 1.29 is 27.4 Å². The van der Waals surface area contributed by atoms with E-state index in [4.69, 9.17) is 0 Å². The molecule has 122 valence electrons. The van der Waals surface area contributed by atoms with Crippen molar-refractivity contribution in [3.05, 3.63) is 30.1 Å². The molecule has 1 aromatic heterocycles.